The number of likely N-dealkylation sites (tertiary alicyclic amines) is 1. The highest BCUT2D eigenvalue weighted by atomic mass is 16.2. The van der Waals surface area contributed by atoms with Gasteiger partial charge in [0.1, 0.15) is 0 Å². The van der Waals surface area contributed by atoms with Crippen LogP contribution in [-0.4, -0.2) is 38.0 Å². The quantitative estimate of drug-likeness (QED) is 0.858. The van der Waals surface area contributed by atoms with Gasteiger partial charge in [-0.2, -0.15) is 5.26 Å². The summed E-state index contributed by atoms with van der Waals surface area (Å²) in [6.07, 6.45) is 1.79. The van der Waals surface area contributed by atoms with E-state index in [4.69, 9.17) is 5.26 Å². The molecular formula is C21H23N3O. The lowest BCUT2D eigenvalue weighted by atomic mass is 9.98. The minimum absolute atomic E-state index is 0.0226. The van der Waals surface area contributed by atoms with Crippen molar-refractivity contribution in [3.05, 3.63) is 54.1 Å². The Morgan fingerprint density at radius 3 is 2.24 bits per heavy atom. The average molecular weight is 333 g/mol. The lowest BCUT2D eigenvalue weighted by molar-refractivity contribution is 0.0699. The molecule has 1 aliphatic heterocycles. The van der Waals surface area contributed by atoms with Crippen LogP contribution >= 0.6 is 0 Å². The van der Waals surface area contributed by atoms with Crippen molar-refractivity contribution in [1.82, 2.24) is 4.90 Å². The van der Waals surface area contributed by atoms with E-state index >= 15 is 0 Å². The maximum absolute atomic E-state index is 12.6. The van der Waals surface area contributed by atoms with Crippen LogP contribution in [0.4, 0.5) is 5.69 Å². The zero-order chi connectivity index (χ0) is 17.8. The molecule has 0 spiro atoms. The zero-order valence-corrected chi connectivity index (χ0v) is 14.8. The third-order valence-corrected chi connectivity index (χ3v) is 4.74. The summed E-state index contributed by atoms with van der Waals surface area (Å²) < 4.78 is 0. The summed E-state index contributed by atoms with van der Waals surface area (Å²) in [6.45, 7) is 1.29. The molecule has 0 N–H and O–H groups in total. The fraction of sp³-hybridized carbons (Fsp3) is 0.333. The van der Waals surface area contributed by atoms with E-state index in [0.717, 1.165) is 36.2 Å². The second-order valence-corrected chi connectivity index (χ2v) is 6.74. The molecule has 2 aromatic carbocycles. The number of hydrogen-bond acceptors (Lipinski definition) is 3. The fourth-order valence-electron chi connectivity index (χ4n) is 3.21. The Bertz CT molecular complexity index is 772. The van der Waals surface area contributed by atoms with Gasteiger partial charge < -0.3 is 9.80 Å². The van der Waals surface area contributed by atoms with Crippen LogP contribution in [0.5, 0.6) is 0 Å². The molecule has 1 amide bonds. The predicted octanol–water partition coefficient (Wildman–Crippen LogP) is 3.80. The van der Waals surface area contributed by atoms with Gasteiger partial charge in [0.2, 0.25) is 0 Å². The number of benzene rings is 2. The molecule has 128 valence electrons. The highest BCUT2D eigenvalue weighted by molar-refractivity contribution is 5.94. The van der Waals surface area contributed by atoms with Gasteiger partial charge in [0.05, 0.1) is 12.0 Å². The normalized spacial score (nSPS) is 17.0. The molecule has 25 heavy (non-hydrogen) atoms. The van der Waals surface area contributed by atoms with Gasteiger partial charge in [0, 0.05) is 38.4 Å². The summed E-state index contributed by atoms with van der Waals surface area (Å²) in [4.78, 5) is 16.5. The van der Waals surface area contributed by atoms with Crippen LogP contribution in [0.25, 0.3) is 11.1 Å². The Labute approximate surface area is 149 Å². The molecule has 0 saturated carbocycles. The first-order valence-corrected chi connectivity index (χ1v) is 8.65. The topological polar surface area (TPSA) is 47.3 Å². The lowest BCUT2D eigenvalue weighted by Gasteiger charge is -2.29. The van der Waals surface area contributed by atoms with Gasteiger partial charge in [-0.3, -0.25) is 4.79 Å². The highest BCUT2D eigenvalue weighted by Gasteiger charge is 2.24. The number of anilines is 1. The Morgan fingerprint density at radius 1 is 1.08 bits per heavy atom. The second-order valence-electron chi connectivity index (χ2n) is 6.74. The van der Waals surface area contributed by atoms with Crippen LogP contribution in [-0.2, 0) is 0 Å². The van der Waals surface area contributed by atoms with Crippen molar-refractivity contribution in [1.29, 1.82) is 5.26 Å². The monoisotopic (exact) mass is 333 g/mol. The summed E-state index contributed by atoms with van der Waals surface area (Å²) in [6, 6.07) is 18.4. The van der Waals surface area contributed by atoms with Gasteiger partial charge in [-0.05, 0) is 48.2 Å². The van der Waals surface area contributed by atoms with Crippen molar-refractivity contribution in [2.75, 3.05) is 32.1 Å². The molecule has 4 nitrogen and oxygen atoms in total. The van der Waals surface area contributed by atoms with Gasteiger partial charge in [-0.15, -0.1) is 0 Å². The van der Waals surface area contributed by atoms with Crippen LogP contribution in [0, 0.1) is 17.2 Å². The number of carbonyl (C=O) groups is 1. The molecule has 1 aliphatic rings. The molecule has 0 bridgehead atoms. The van der Waals surface area contributed by atoms with E-state index in [-0.39, 0.29) is 11.8 Å². The summed E-state index contributed by atoms with van der Waals surface area (Å²) in [7, 11) is 4.04. The molecular weight excluding hydrogens is 310 g/mol. The summed E-state index contributed by atoms with van der Waals surface area (Å²) in [5, 5.41) is 9.09. The summed E-state index contributed by atoms with van der Waals surface area (Å²) in [5.41, 5.74) is 4.07. The Morgan fingerprint density at radius 2 is 1.68 bits per heavy atom. The van der Waals surface area contributed by atoms with Crippen LogP contribution < -0.4 is 4.90 Å². The number of piperidine rings is 1. The van der Waals surface area contributed by atoms with E-state index in [0.29, 0.717) is 12.1 Å². The number of carbonyl (C=O) groups excluding carboxylic acids is 1. The number of amides is 1. The van der Waals surface area contributed by atoms with Crippen molar-refractivity contribution in [3.63, 3.8) is 0 Å². The number of rotatable bonds is 3. The van der Waals surface area contributed by atoms with E-state index in [1.54, 1.807) is 4.90 Å². The van der Waals surface area contributed by atoms with E-state index in [1.165, 1.54) is 0 Å². The Balaban J connectivity index is 1.73. The summed E-state index contributed by atoms with van der Waals surface area (Å²) in [5.74, 6) is -0.0124. The first kappa shape index (κ1) is 17.0. The van der Waals surface area contributed by atoms with Crippen molar-refractivity contribution in [2.45, 2.75) is 12.8 Å². The van der Waals surface area contributed by atoms with E-state index in [2.05, 4.69) is 35.2 Å². The standard InChI is InChI=1S/C21H23N3O/c1-23(2)20-11-9-18(10-12-20)17-5-7-19(8-6-17)21(25)24-13-3-4-16(14-22)15-24/h5-12,16H,3-4,13,15H2,1-2H3/t16-/m0/s1. The molecule has 0 radical (unpaired) electrons. The Kier molecular flexibility index (Phi) is 5.04. The lowest BCUT2D eigenvalue weighted by Crippen LogP contribution is -2.39. The molecule has 1 saturated heterocycles. The fourth-order valence-corrected chi connectivity index (χ4v) is 3.21. The van der Waals surface area contributed by atoms with Gasteiger partial charge in [0.25, 0.3) is 5.91 Å². The third kappa shape index (κ3) is 3.83. The predicted molar refractivity (Wildman–Crippen MR) is 100 cm³/mol. The van der Waals surface area contributed by atoms with E-state index in [9.17, 15) is 4.79 Å². The van der Waals surface area contributed by atoms with Crippen molar-refractivity contribution in [2.24, 2.45) is 5.92 Å². The minimum Gasteiger partial charge on any atom is -0.378 e. The molecule has 1 fully saturated rings. The molecule has 4 heteroatoms. The molecule has 0 unspecified atom stereocenters. The maximum atomic E-state index is 12.6. The van der Waals surface area contributed by atoms with E-state index in [1.807, 2.05) is 38.4 Å². The maximum Gasteiger partial charge on any atom is 0.253 e. The van der Waals surface area contributed by atoms with Crippen LogP contribution in [0.1, 0.15) is 23.2 Å². The number of hydrogen-bond donors (Lipinski definition) is 0. The van der Waals surface area contributed by atoms with Gasteiger partial charge in [-0.1, -0.05) is 24.3 Å². The minimum atomic E-state index is -0.0350. The first-order chi connectivity index (χ1) is 12.1. The van der Waals surface area contributed by atoms with Gasteiger partial charge in [0.15, 0.2) is 0 Å². The molecule has 0 aromatic heterocycles. The molecule has 0 aliphatic carbocycles. The van der Waals surface area contributed by atoms with Crippen LogP contribution in [0.2, 0.25) is 0 Å². The van der Waals surface area contributed by atoms with Crippen LogP contribution in [0.3, 0.4) is 0 Å². The molecule has 3 rings (SSSR count). The van der Waals surface area contributed by atoms with E-state index < -0.39 is 0 Å². The Hall–Kier alpha value is -2.80. The second kappa shape index (κ2) is 7.40. The summed E-state index contributed by atoms with van der Waals surface area (Å²) >= 11 is 0. The first-order valence-electron chi connectivity index (χ1n) is 8.65. The molecule has 2 aromatic rings. The molecule has 1 atom stereocenters. The van der Waals surface area contributed by atoms with Crippen molar-refractivity contribution >= 4 is 11.6 Å². The molecule has 1 heterocycles. The number of nitriles is 1. The third-order valence-electron chi connectivity index (χ3n) is 4.74. The SMILES string of the molecule is CN(C)c1ccc(-c2ccc(C(=O)N3CCC[C@@H](C#N)C3)cc2)cc1. The van der Waals surface area contributed by atoms with Gasteiger partial charge >= 0.3 is 0 Å². The largest absolute Gasteiger partial charge is 0.378 e. The van der Waals surface area contributed by atoms with Crippen molar-refractivity contribution < 1.29 is 4.79 Å². The van der Waals surface area contributed by atoms with Gasteiger partial charge in [-0.25, -0.2) is 0 Å². The number of nitrogens with zero attached hydrogens (tertiary/aromatic N) is 3. The smallest absolute Gasteiger partial charge is 0.253 e. The average Bonchev–Trinajstić information content (AvgIpc) is 2.67. The van der Waals surface area contributed by atoms with Crippen molar-refractivity contribution in [3.8, 4) is 17.2 Å². The van der Waals surface area contributed by atoms with Crippen LogP contribution in [0.15, 0.2) is 48.5 Å². The zero-order valence-electron chi connectivity index (χ0n) is 14.8. The highest BCUT2D eigenvalue weighted by Crippen LogP contribution is 2.24.